The van der Waals surface area contributed by atoms with Crippen LogP contribution in [-0.2, 0) is 6.54 Å². The quantitative estimate of drug-likeness (QED) is 0.864. The zero-order valence-corrected chi connectivity index (χ0v) is 11.3. The number of benzene rings is 1. The average molecular weight is 280 g/mol. The SMILES string of the molecule is CC(C)NCc1cncc(-c2cc(F)c(F)c(F)c2)c1. The first kappa shape index (κ1) is 14.5. The third-order valence-corrected chi connectivity index (χ3v) is 2.83. The summed E-state index contributed by atoms with van der Waals surface area (Å²) in [5, 5.41) is 3.22. The maximum absolute atomic E-state index is 13.2. The molecule has 0 saturated heterocycles. The summed E-state index contributed by atoms with van der Waals surface area (Å²) in [6.07, 6.45) is 3.17. The lowest BCUT2D eigenvalue weighted by atomic mass is 10.1. The first-order chi connectivity index (χ1) is 9.47. The summed E-state index contributed by atoms with van der Waals surface area (Å²) in [6.45, 7) is 4.63. The van der Waals surface area contributed by atoms with Gasteiger partial charge in [-0.25, -0.2) is 13.2 Å². The number of aromatic nitrogens is 1. The molecule has 1 N–H and O–H groups in total. The standard InChI is InChI=1S/C15H15F3N2/c1-9(2)20-7-10-3-12(8-19-6-10)11-4-13(16)15(18)14(17)5-11/h3-6,8-9,20H,7H2,1-2H3. The summed E-state index contributed by atoms with van der Waals surface area (Å²) >= 11 is 0. The molecule has 0 amide bonds. The van der Waals surface area contributed by atoms with Crippen molar-refractivity contribution in [3.8, 4) is 11.1 Å². The van der Waals surface area contributed by atoms with Crippen molar-refractivity contribution in [1.29, 1.82) is 0 Å². The van der Waals surface area contributed by atoms with E-state index in [1.165, 1.54) is 6.20 Å². The molecule has 0 aliphatic rings. The second-order valence-corrected chi connectivity index (χ2v) is 4.87. The minimum Gasteiger partial charge on any atom is -0.310 e. The molecule has 0 aliphatic carbocycles. The maximum atomic E-state index is 13.2. The lowest BCUT2D eigenvalue weighted by Crippen LogP contribution is -2.21. The molecule has 2 rings (SSSR count). The highest BCUT2D eigenvalue weighted by Gasteiger charge is 2.12. The highest BCUT2D eigenvalue weighted by atomic mass is 19.2. The fraction of sp³-hybridized carbons (Fsp3) is 0.267. The second-order valence-electron chi connectivity index (χ2n) is 4.87. The molecular formula is C15H15F3N2. The van der Waals surface area contributed by atoms with E-state index in [1.54, 1.807) is 12.3 Å². The summed E-state index contributed by atoms with van der Waals surface area (Å²) in [6, 6.07) is 4.03. The van der Waals surface area contributed by atoms with Crippen molar-refractivity contribution >= 4 is 0 Å². The van der Waals surface area contributed by atoms with Crippen LogP contribution in [0.5, 0.6) is 0 Å². The van der Waals surface area contributed by atoms with E-state index in [-0.39, 0.29) is 5.56 Å². The van der Waals surface area contributed by atoms with Crippen LogP contribution in [0.2, 0.25) is 0 Å². The van der Waals surface area contributed by atoms with Crippen molar-refractivity contribution in [2.45, 2.75) is 26.4 Å². The molecule has 1 aromatic heterocycles. The van der Waals surface area contributed by atoms with Crippen LogP contribution in [0.3, 0.4) is 0 Å². The molecule has 0 atom stereocenters. The van der Waals surface area contributed by atoms with E-state index in [9.17, 15) is 13.2 Å². The molecule has 2 aromatic rings. The van der Waals surface area contributed by atoms with Gasteiger partial charge in [-0.05, 0) is 29.3 Å². The molecule has 20 heavy (non-hydrogen) atoms. The van der Waals surface area contributed by atoms with Crippen LogP contribution in [0.15, 0.2) is 30.6 Å². The van der Waals surface area contributed by atoms with Crippen molar-refractivity contribution in [2.75, 3.05) is 0 Å². The number of nitrogens with zero attached hydrogens (tertiary/aromatic N) is 1. The Morgan fingerprint density at radius 1 is 1.00 bits per heavy atom. The summed E-state index contributed by atoms with van der Waals surface area (Å²) in [4.78, 5) is 4.04. The van der Waals surface area contributed by atoms with Gasteiger partial charge >= 0.3 is 0 Å². The van der Waals surface area contributed by atoms with Crippen molar-refractivity contribution in [3.63, 3.8) is 0 Å². The Morgan fingerprint density at radius 2 is 1.65 bits per heavy atom. The van der Waals surface area contributed by atoms with Crippen molar-refractivity contribution in [1.82, 2.24) is 10.3 Å². The molecule has 0 radical (unpaired) electrons. The van der Waals surface area contributed by atoms with Gasteiger partial charge in [0.2, 0.25) is 0 Å². The van der Waals surface area contributed by atoms with E-state index < -0.39 is 17.5 Å². The predicted octanol–water partition coefficient (Wildman–Crippen LogP) is 3.66. The smallest absolute Gasteiger partial charge is 0.194 e. The lowest BCUT2D eigenvalue weighted by molar-refractivity contribution is 0.447. The Labute approximate surface area is 115 Å². The number of rotatable bonds is 4. The zero-order valence-electron chi connectivity index (χ0n) is 11.3. The van der Waals surface area contributed by atoms with Gasteiger partial charge in [0.25, 0.3) is 0 Å². The minimum absolute atomic E-state index is 0.264. The molecule has 1 heterocycles. The summed E-state index contributed by atoms with van der Waals surface area (Å²) < 4.78 is 39.4. The van der Waals surface area contributed by atoms with Gasteiger partial charge in [-0.2, -0.15) is 0 Å². The van der Waals surface area contributed by atoms with Crippen LogP contribution < -0.4 is 5.32 Å². The third kappa shape index (κ3) is 3.36. The van der Waals surface area contributed by atoms with Gasteiger partial charge < -0.3 is 5.32 Å². The summed E-state index contributed by atoms with van der Waals surface area (Å²) in [5.41, 5.74) is 1.70. The van der Waals surface area contributed by atoms with Crippen LogP contribution in [0, 0.1) is 17.5 Å². The largest absolute Gasteiger partial charge is 0.310 e. The molecule has 2 nitrogen and oxygen atoms in total. The van der Waals surface area contributed by atoms with Crippen molar-refractivity contribution < 1.29 is 13.2 Å². The van der Waals surface area contributed by atoms with Gasteiger partial charge in [-0.3, -0.25) is 4.98 Å². The van der Waals surface area contributed by atoms with Gasteiger partial charge in [0.1, 0.15) is 0 Å². The first-order valence-corrected chi connectivity index (χ1v) is 6.29. The van der Waals surface area contributed by atoms with Crippen LogP contribution in [0.1, 0.15) is 19.4 Å². The Balaban J connectivity index is 2.31. The molecule has 0 bridgehead atoms. The van der Waals surface area contributed by atoms with E-state index in [0.29, 0.717) is 18.2 Å². The molecule has 0 spiro atoms. The maximum Gasteiger partial charge on any atom is 0.194 e. The molecular weight excluding hydrogens is 265 g/mol. The van der Waals surface area contributed by atoms with Crippen LogP contribution in [0.25, 0.3) is 11.1 Å². The van der Waals surface area contributed by atoms with Gasteiger partial charge in [-0.15, -0.1) is 0 Å². The van der Waals surface area contributed by atoms with Crippen LogP contribution in [-0.4, -0.2) is 11.0 Å². The number of hydrogen-bond donors (Lipinski definition) is 1. The van der Waals surface area contributed by atoms with E-state index >= 15 is 0 Å². The first-order valence-electron chi connectivity index (χ1n) is 6.29. The fourth-order valence-electron chi connectivity index (χ4n) is 1.79. The topological polar surface area (TPSA) is 24.9 Å². The minimum atomic E-state index is -1.46. The van der Waals surface area contributed by atoms with Crippen LogP contribution in [0.4, 0.5) is 13.2 Å². The van der Waals surface area contributed by atoms with E-state index in [2.05, 4.69) is 10.3 Å². The van der Waals surface area contributed by atoms with Gasteiger partial charge in [0.05, 0.1) is 0 Å². The van der Waals surface area contributed by atoms with E-state index in [0.717, 1.165) is 17.7 Å². The molecule has 5 heteroatoms. The van der Waals surface area contributed by atoms with Gasteiger partial charge in [-0.1, -0.05) is 13.8 Å². The second kappa shape index (κ2) is 6.05. The molecule has 106 valence electrons. The van der Waals surface area contributed by atoms with Crippen molar-refractivity contribution in [3.05, 3.63) is 53.6 Å². The summed E-state index contributed by atoms with van der Waals surface area (Å²) in [7, 11) is 0. The van der Waals surface area contributed by atoms with Crippen LogP contribution >= 0.6 is 0 Å². The molecule has 0 aliphatic heterocycles. The zero-order chi connectivity index (χ0) is 14.7. The Bertz CT molecular complexity index is 589. The van der Waals surface area contributed by atoms with E-state index in [4.69, 9.17) is 0 Å². The highest BCUT2D eigenvalue weighted by Crippen LogP contribution is 2.23. The Hall–Kier alpha value is -1.88. The van der Waals surface area contributed by atoms with Gasteiger partial charge in [0.15, 0.2) is 17.5 Å². The van der Waals surface area contributed by atoms with Gasteiger partial charge in [0, 0.05) is 30.5 Å². The predicted molar refractivity (Wildman–Crippen MR) is 71.5 cm³/mol. The van der Waals surface area contributed by atoms with E-state index in [1.807, 2.05) is 13.8 Å². The highest BCUT2D eigenvalue weighted by molar-refractivity contribution is 5.63. The molecule has 0 saturated carbocycles. The fourth-order valence-corrected chi connectivity index (χ4v) is 1.79. The number of halogens is 3. The van der Waals surface area contributed by atoms with Crippen molar-refractivity contribution in [2.24, 2.45) is 0 Å². The Kier molecular flexibility index (Phi) is 4.39. The third-order valence-electron chi connectivity index (χ3n) is 2.83. The number of nitrogens with one attached hydrogen (secondary N) is 1. The molecule has 0 fully saturated rings. The number of pyridine rings is 1. The molecule has 1 aromatic carbocycles. The Morgan fingerprint density at radius 3 is 2.25 bits per heavy atom. The molecule has 0 unspecified atom stereocenters. The normalized spacial score (nSPS) is 11.1. The monoisotopic (exact) mass is 280 g/mol. The number of hydrogen-bond acceptors (Lipinski definition) is 2. The summed E-state index contributed by atoms with van der Waals surface area (Å²) in [5.74, 6) is -3.87. The average Bonchev–Trinajstić information content (AvgIpc) is 2.42. The lowest BCUT2D eigenvalue weighted by Gasteiger charge is -2.09.